The Morgan fingerprint density at radius 1 is 1.35 bits per heavy atom. The molecule has 0 radical (unpaired) electrons. The van der Waals surface area contributed by atoms with Crippen molar-refractivity contribution >= 4 is 12.0 Å². The van der Waals surface area contributed by atoms with Gasteiger partial charge in [-0.25, -0.2) is 0 Å². The molecule has 0 aliphatic heterocycles. The van der Waals surface area contributed by atoms with E-state index in [1.165, 1.54) is 0 Å². The molecule has 1 fully saturated rings. The molecule has 0 spiro atoms. The van der Waals surface area contributed by atoms with Crippen LogP contribution < -0.4 is 5.32 Å². The number of aryl methyl sites for hydroxylation is 1. The first-order valence-corrected chi connectivity index (χ1v) is 7.28. The van der Waals surface area contributed by atoms with Crippen molar-refractivity contribution in [2.75, 3.05) is 13.2 Å². The van der Waals surface area contributed by atoms with Crippen molar-refractivity contribution in [3.63, 3.8) is 0 Å². The van der Waals surface area contributed by atoms with Crippen LogP contribution in [0, 0.1) is 12.3 Å². The third-order valence-corrected chi connectivity index (χ3v) is 4.24. The van der Waals surface area contributed by atoms with E-state index in [4.69, 9.17) is 0 Å². The molecule has 1 aromatic rings. The highest BCUT2D eigenvalue weighted by atomic mass is 16.3. The number of amides is 1. The van der Waals surface area contributed by atoms with Crippen molar-refractivity contribution < 1.29 is 9.90 Å². The first-order chi connectivity index (χ1) is 9.65. The van der Waals surface area contributed by atoms with Crippen molar-refractivity contribution in [1.29, 1.82) is 0 Å². The predicted molar refractivity (Wildman–Crippen MR) is 81.2 cm³/mol. The number of nitrogens with one attached hydrogen (secondary N) is 1. The lowest BCUT2D eigenvalue weighted by molar-refractivity contribution is -0.117. The zero-order valence-corrected chi connectivity index (χ0v) is 12.1. The molecule has 1 aliphatic carbocycles. The molecule has 0 heterocycles. The first kappa shape index (κ1) is 14.8. The minimum absolute atomic E-state index is 0.0898. The average Bonchev–Trinajstić information content (AvgIpc) is 2.94. The molecule has 0 bridgehead atoms. The van der Waals surface area contributed by atoms with Gasteiger partial charge in [0, 0.05) is 18.0 Å². The van der Waals surface area contributed by atoms with Gasteiger partial charge in [-0.3, -0.25) is 4.79 Å². The highest BCUT2D eigenvalue weighted by molar-refractivity contribution is 5.91. The van der Waals surface area contributed by atoms with Crippen molar-refractivity contribution in [3.05, 3.63) is 41.5 Å². The monoisotopic (exact) mass is 273 g/mol. The number of hydrogen-bond donors (Lipinski definition) is 2. The molecule has 2 rings (SSSR count). The van der Waals surface area contributed by atoms with Gasteiger partial charge in [0.15, 0.2) is 0 Å². The molecule has 0 unspecified atom stereocenters. The van der Waals surface area contributed by atoms with Gasteiger partial charge in [0.25, 0.3) is 0 Å². The van der Waals surface area contributed by atoms with E-state index in [9.17, 15) is 9.90 Å². The molecule has 3 heteroatoms. The second-order valence-corrected chi connectivity index (χ2v) is 5.77. The third-order valence-electron chi connectivity index (χ3n) is 4.24. The summed E-state index contributed by atoms with van der Waals surface area (Å²) in [6.07, 6.45) is 7.72. The summed E-state index contributed by atoms with van der Waals surface area (Å²) in [5.41, 5.74) is 2.12. The fraction of sp³-hybridized carbons (Fsp3) is 0.471. The molecular formula is C17H23NO2. The number of hydrogen-bond acceptors (Lipinski definition) is 2. The molecule has 0 saturated heterocycles. The summed E-state index contributed by atoms with van der Waals surface area (Å²) in [6, 6.07) is 7.96. The van der Waals surface area contributed by atoms with E-state index in [2.05, 4.69) is 5.32 Å². The zero-order valence-electron chi connectivity index (χ0n) is 12.1. The van der Waals surface area contributed by atoms with Crippen LogP contribution in [0.2, 0.25) is 0 Å². The Bertz CT molecular complexity index is 488. The Labute approximate surface area is 120 Å². The fourth-order valence-corrected chi connectivity index (χ4v) is 2.79. The van der Waals surface area contributed by atoms with Crippen molar-refractivity contribution in [3.8, 4) is 0 Å². The van der Waals surface area contributed by atoms with E-state index in [1.54, 1.807) is 6.08 Å². The number of aliphatic hydroxyl groups excluding tert-OH is 1. The fourth-order valence-electron chi connectivity index (χ4n) is 2.79. The molecular weight excluding hydrogens is 250 g/mol. The van der Waals surface area contributed by atoms with Gasteiger partial charge in [0.2, 0.25) is 5.91 Å². The van der Waals surface area contributed by atoms with Gasteiger partial charge < -0.3 is 10.4 Å². The van der Waals surface area contributed by atoms with Gasteiger partial charge in [-0.1, -0.05) is 37.1 Å². The third kappa shape index (κ3) is 3.70. The van der Waals surface area contributed by atoms with E-state index in [-0.39, 0.29) is 17.9 Å². The normalized spacial score (nSPS) is 17.5. The van der Waals surface area contributed by atoms with Gasteiger partial charge in [-0.2, -0.15) is 0 Å². The van der Waals surface area contributed by atoms with Crippen LogP contribution in [0.15, 0.2) is 30.3 Å². The van der Waals surface area contributed by atoms with Gasteiger partial charge in [-0.15, -0.1) is 0 Å². The summed E-state index contributed by atoms with van der Waals surface area (Å²) in [5.74, 6) is -0.0898. The summed E-state index contributed by atoms with van der Waals surface area (Å²) in [5, 5.41) is 12.4. The van der Waals surface area contributed by atoms with Crippen LogP contribution in [0.1, 0.15) is 36.8 Å². The van der Waals surface area contributed by atoms with E-state index < -0.39 is 0 Å². The quantitative estimate of drug-likeness (QED) is 0.810. The van der Waals surface area contributed by atoms with Crippen LogP contribution in [0.5, 0.6) is 0 Å². The second-order valence-electron chi connectivity index (χ2n) is 5.77. The molecule has 108 valence electrons. The lowest BCUT2D eigenvalue weighted by Crippen LogP contribution is -2.37. The van der Waals surface area contributed by atoms with Crippen LogP contribution >= 0.6 is 0 Å². The molecule has 1 aromatic carbocycles. The van der Waals surface area contributed by atoms with Crippen LogP contribution in [-0.4, -0.2) is 24.2 Å². The Kier molecular flexibility index (Phi) is 4.96. The largest absolute Gasteiger partial charge is 0.396 e. The van der Waals surface area contributed by atoms with Gasteiger partial charge in [0.05, 0.1) is 6.61 Å². The van der Waals surface area contributed by atoms with Crippen LogP contribution in [0.3, 0.4) is 0 Å². The Balaban J connectivity index is 1.88. The molecule has 0 atom stereocenters. The maximum absolute atomic E-state index is 11.9. The predicted octanol–water partition coefficient (Wildman–Crippen LogP) is 2.68. The minimum Gasteiger partial charge on any atom is -0.396 e. The standard InChI is InChI=1S/C17H23NO2/c1-14-6-2-3-7-15(14)8-9-16(20)18-12-17(13-19)10-4-5-11-17/h2-3,6-9,19H,4-5,10-13H2,1H3,(H,18,20)/b9-8+. The van der Waals surface area contributed by atoms with Crippen LogP contribution in [0.25, 0.3) is 6.08 Å². The number of aliphatic hydroxyl groups is 1. The van der Waals surface area contributed by atoms with E-state index in [1.807, 2.05) is 37.3 Å². The topological polar surface area (TPSA) is 49.3 Å². The van der Waals surface area contributed by atoms with Gasteiger partial charge >= 0.3 is 0 Å². The number of carbonyl (C=O) groups is 1. The maximum Gasteiger partial charge on any atom is 0.244 e. The lowest BCUT2D eigenvalue weighted by atomic mass is 9.87. The number of benzene rings is 1. The van der Waals surface area contributed by atoms with Gasteiger partial charge in [-0.05, 0) is 37.0 Å². The smallest absolute Gasteiger partial charge is 0.244 e. The number of rotatable bonds is 5. The average molecular weight is 273 g/mol. The molecule has 2 N–H and O–H groups in total. The summed E-state index contributed by atoms with van der Waals surface area (Å²) in [4.78, 5) is 11.9. The SMILES string of the molecule is Cc1ccccc1/C=C/C(=O)NCC1(CO)CCCC1. The van der Waals surface area contributed by atoms with Crippen molar-refractivity contribution in [2.45, 2.75) is 32.6 Å². The lowest BCUT2D eigenvalue weighted by Gasteiger charge is -2.26. The van der Waals surface area contributed by atoms with Crippen LogP contribution in [-0.2, 0) is 4.79 Å². The Morgan fingerprint density at radius 3 is 2.70 bits per heavy atom. The Hall–Kier alpha value is -1.61. The summed E-state index contributed by atoms with van der Waals surface area (Å²) < 4.78 is 0. The second kappa shape index (κ2) is 6.71. The first-order valence-electron chi connectivity index (χ1n) is 7.28. The Morgan fingerprint density at radius 2 is 2.05 bits per heavy atom. The molecule has 1 saturated carbocycles. The van der Waals surface area contributed by atoms with Crippen molar-refractivity contribution in [1.82, 2.24) is 5.32 Å². The molecule has 1 amide bonds. The van der Waals surface area contributed by atoms with Crippen molar-refractivity contribution in [2.24, 2.45) is 5.41 Å². The summed E-state index contributed by atoms with van der Waals surface area (Å²) in [6.45, 7) is 2.76. The maximum atomic E-state index is 11.9. The van der Waals surface area contributed by atoms with Gasteiger partial charge in [0.1, 0.15) is 0 Å². The molecule has 1 aliphatic rings. The molecule has 3 nitrogen and oxygen atoms in total. The molecule has 0 aromatic heterocycles. The minimum atomic E-state index is -0.0911. The van der Waals surface area contributed by atoms with Crippen LogP contribution in [0.4, 0.5) is 0 Å². The van der Waals surface area contributed by atoms with E-state index in [0.717, 1.165) is 36.8 Å². The number of carbonyl (C=O) groups excluding carboxylic acids is 1. The van der Waals surface area contributed by atoms with E-state index in [0.29, 0.717) is 6.54 Å². The highest BCUT2D eigenvalue weighted by Crippen LogP contribution is 2.36. The molecule has 20 heavy (non-hydrogen) atoms. The summed E-state index contributed by atoms with van der Waals surface area (Å²) >= 11 is 0. The summed E-state index contributed by atoms with van der Waals surface area (Å²) in [7, 11) is 0. The zero-order chi connectivity index (χ0) is 14.4. The van der Waals surface area contributed by atoms with E-state index >= 15 is 0 Å². The highest BCUT2D eigenvalue weighted by Gasteiger charge is 2.33.